The summed E-state index contributed by atoms with van der Waals surface area (Å²) in [4.78, 5) is 9.00. The number of nitrogens with zero attached hydrogens (tertiary/aromatic N) is 2. The first-order valence-electron chi connectivity index (χ1n) is 8.33. The van der Waals surface area contributed by atoms with Gasteiger partial charge >= 0.3 is 0 Å². The average molecular weight is 472 g/mol. The van der Waals surface area contributed by atoms with Crippen molar-refractivity contribution in [1.82, 2.24) is 15.6 Å². The zero-order chi connectivity index (χ0) is 17.6. The van der Waals surface area contributed by atoms with Crippen molar-refractivity contribution in [3.8, 4) is 0 Å². The summed E-state index contributed by atoms with van der Waals surface area (Å²) in [6, 6.07) is 8.53. The zero-order valence-corrected chi connectivity index (χ0v) is 18.9. The molecule has 0 saturated heterocycles. The van der Waals surface area contributed by atoms with Crippen LogP contribution in [0, 0.1) is 6.92 Å². The highest BCUT2D eigenvalue weighted by atomic mass is 127. The Labute approximate surface area is 172 Å². The lowest BCUT2D eigenvalue weighted by Gasteiger charge is -2.14. The highest BCUT2D eigenvalue weighted by molar-refractivity contribution is 14.0. The van der Waals surface area contributed by atoms with Crippen molar-refractivity contribution in [3.05, 3.63) is 51.5 Å². The molecule has 0 bridgehead atoms. The Morgan fingerprint density at radius 1 is 1.16 bits per heavy atom. The molecule has 0 radical (unpaired) electrons. The van der Waals surface area contributed by atoms with Gasteiger partial charge in [-0.1, -0.05) is 50.6 Å². The van der Waals surface area contributed by atoms with Crippen molar-refractivity contribution < 1.29 is 0 Å². The van der Waals surface area contributed by atoms with Crippen LogP contribution in [0.4, 0.5) is 0 Å². The third-order valence-corrected chi connectivity index (χ3v) is 4.66. The fourth-order valence-electron chi connectivity index (χ4n) is 2.17. The van der Waals surface area contributed by atoms with Gasteiger partial charge in [0.2, 0.25) is 0 Å². The fraction of sp³-hybridized carbons (Fsp3) is 0.474. The molecule has 0 unspecified atom stereocenters. The van der Waals surface area contributed by atoms with Crippen molar-refractivity contribution in [2.24, 2.45) is 4.99 Å². The van der Waals surface area contributed by atoms with Crippen LogP contribution in [0.25, 0.3) is 0 Å². The quantitative estimate of drug-likeness (QED) is 0.388. The first-order valence-corrected chi connectivity index (χ1v) is 9.21. The number of aromatic nitrogens is 1. The molecule has 4 nitrogen and oxygen atoms in total. The molecule has 0 aliphatic rings. The number of aliphatic imine (C=N–C) groups is 1. The Morgan fingerprint density at radius 2 is 1.84 bits per heavy atom. The van der Waals surface area contributed by atoms with E-state index < -0.39 is 0 Å². The third kappa shape index (κ3) is 7.32. The summed E-state index contributed by atoms with van der Waals surface area (Å²) in [5.41, 5.74) is 3.82. The summed E-state index contributed by atoms with van der Waals surface area (Å²) < 4.78 is 0. The number of benzene rings is 1. The van der Waals surface area contributed by atoms with Gasteiger partial charge in [-0.2, -0.15) is 0 Å². The number of hydrogen-bond acceptors (Lipinski definition) is 3. The minimum atomic E-state index is 0. The van der Waals surface area contributed by atoms with Crippen LogP contribution >= 0.6 is 35.3 Å². The molecule has 25 heavy (non-hydrogen) atoms. The SMILES string of the molecule is CN=C(NCCc1nc(C(C)(C)C)cs1)NCc1ccc(C)cc1.I. The third-order valence-electron chi connectivity index (χ3n) is 3.76. The summed E-state index contributed by atoms with van der Waals surface area (Å²) in [5, 5.41) is 10.0. The smallest absolute Gasteiger partial charge is 0.191 e. The van der Waals surface area contributed by atoms with Gasteiger partial charge < -0.3 is 10.6 Å². The predicted octanol–water partition coefficient (Wildman–Crippen LogP) is 4.27. The number of aryl methyl sites for hydroxylation is 1. The Balaban J connectivity index is 0.00000312. The minimum absolute atomic E-state index is 0. The van der Waals surface area contributed by atoms with Crippen molar-refractivity contribution in [1.29, 1.82) is 0 Å². The van der Waals surface area contributed by atoms with Crippen molar-refractivity contribution in [2.45, 2.75) is 46.1 Å². The Bertz CT molecular complexity index is 671. The standard InChI is InChI=1S/C19H28N4S.HI/c1-14-6-8-15(9-7-14)12-22-18(20-5)21-11-10-17-23-16(13-24-17)19(2,3)4;/h6-9,13H,10-12H2,1-5H3,(H2,20,21,22);1H. The Hall–Kier alpha value is -1.15. The van der Waals surface area contributed by atoms with Gasteiger partial charge in [0.05, 0.1) is 10.7 Å². The van der Waals surface area contributed by atoms with E-state index in [1.807, 2.05) is 0 Å². The number of hydrogen-bond donors (Lipinski definition) is 2. The maximum atomic E-state index is 4.72. The van der Waals surface area contributed by atoms with E-state index in [9.17, 15) is 0 Å². The van der Waals surface area contributed by atoms with Crippen molar-refractivity contribution in [2.75, 3.05) is 13.6 Å². The van der Waals surface area contributed by atoms with Gasteiger partial charge in [-0.3, -0.25) is 4.99 Å². The van der Waals surface area contributed by atoms with Gasteiger partial charge in [0.25, 0.3) is 0 Å². The molecule has 1 aromatic carbocycles. The molecule has 0 amide bonds. The average Bonchev–Trinajstić information content (AvgIpc) is 3.01. The molecule has 2 aromatic rings. The molecule has 0 fully saturated rings. The van der Waals surface area contributed by atoms with Gasteiger partial charge in [0.1, 0.15) is 0 Å². The summed E-state index contributed by atoms with van der Waals surface area (Å²) in [6.07, 6.45) is 0.909. The summed E-state index contributed by atoms with van der Waals surface area (Å²) in [6.45, 7) is 10.3. The molecule has 0 aliphatic heterocycles. The lowest BCUT2D eigenvalue weighted by atomic mass is 9.93. The van der Waals surface area contributed by atoms with Gasteiger partial charge in [0.15, 0.2) is 5.96 Å². The van der Waals surface area contributed by atoms with Gasteiger partial charge in [-0.25, -0.2) is 4.98 Å². The summed E-state index contributed by atoms with van der Waals surface area (Å²) in [7, 11) is 1.80. The Morgan fingerprint density at radius 3 is 2.40 bits per heavy atom. The lowest BCUT2D eigenvalue weighted by molar-refractivity contribution is 0.570. The molecule has 0 atom stereocenters. The van der Waals surface area contributed by atoms with Crippen LogP contribution in [0.2, 0.25) is 0 Å². The molecular weight excluding hydrogens is 443 g/mol. The first kappa shape index (κ1) is 21.9. The van der Waals surface area contributed by atoms with Gasteiger partial charge in [0, 0.05) is 37.4 Å². The van der Waals surface area contributed by atoms with E-state index in [0.717, 1.165) is 25.5 Å². The molecule has 2 N–H and O–H groups in total. The van der Waals surface area contributed by atoms with Crippen LogP contribution in [-0.2, 0) is 18.4 Å². The second kappa shape index (κ2) is 10.1. The summed E-state index contributed by atoms with van der Waals surface area (Å²) >= 11 is 1.74. The maximum absolute atomic E-state index is 4.72. The number of thiazole rings is 1. The molecule has 0 spiro atoms. The number of halogens is 1. The molecular formula is C19H29IN4S. The predicted molar refractivity (Wildman–Crippen MR) is 119 cm³/mol. The molecule has 1 heterocycles. The Kier molecular flexibility index (Phi) is 8.85. The topological polar surface area (TPSA) is 49.3 Å². The lowest BCUT2D eigenvalue weighted by Crippen LogP contribution is -2.37. The van der Waals surface area contributed by atoms with Gasteiger partial charge in [-0.15, -0.1) is 35.3 Å². The monoisotopic (exact) mass is 472 g/mol. The molecule has 0 aliphatic carbocycles. The van der Waals surface area contributed by atoms with Crippen LogP contribution in [0.5, 0.6) is 0 Å². The largest absolute Gasteiger partial charge is 0.356 e. The zero-order valence-electron chi connectivity index (χ0n) is 15.7. The van der Waals surface area contributed by atoms with E-state index in [2.05, 4.69) is 73.0 Å². The second-order valence-corrected chi connectivity index (χ2v) is 7.91. The first-order chi connectivity index (χ1) is 11.4. The van der Waals surface area contributed by atoms with Crippen LogP contribution in [0.15, 0.2) is 34.6 Å². The minimum Gasteiger partial charge on any atom is -0.356 e. The normalized spacial score (nSPS) is 11.8. The fourth-order valence-corrected chi connectivity index (χ4v) is 3.20. The van der Waals surface area contributed by atoms with E-state index in [0.29, 0.717) is 0 Å². The van der Waals surface area contributed by atoms with Crippen molar-refractivity contribution >= 4 is 41.3 Å². The van der Waals surface area contributed by atoms with E-state index in [1.54, 1.807) is 18.4 Å². The molecule has 0 saturated carbocycles. The highest BCUT2D eigenvalue weighted by Crippen LogP contribution is 2.23. The molecule has 6 heteroatoms. The van der Waals surface area contributed by atoms with E-state index in [-0.39, 0.29) is 29.4 Å². The second-order valence-electron chi connectivity index (χ2n) is 6.96. The molecule has 1 aromatic heterocycles. The van der Waals surface area contributed by atoms with Crippen LogP contribution in [0.3, 0.4) is 0 Å². The summed E-state index contributed by atoms with van der Waals surface area (Å²) in [5.74, 6) is 0.822. The number of rotatable bonds is 5. The number of nitrogens with one attached hydrogen (secondary N) is 2. The van der Waals surface area contributed by atoms with Crippen LogP contribution < -0.4 is 10.6 Å². The van der Waals surface area contributed by atoms with E-state index >= 15 is 0 Å². The highest BCUT2D eigenvalue weighted by Gasteiger charge is 2.17. The van der Waals surface area contributed by atoms with Crippen LogP contribution in [-0.4, -0.2) is 24.5 Å². The molecule has 138 valence electrons. The van der Waals surface area contributed by atoms with Gasteiger partial charge in [-0.05, 0) is 12.5 Å². The van der Waals surface area contributed by atoms with E-state index in [1.165, 1.54) is 21.8 Å². The van der Waals surface area contributed by atoms with E-state index in [4.69, 9.17) is 4.98 Å². The number of guanidine groups is 1. The van der Waals surface area contributed by atoms with Crippen molar-refractivity contribution in [3.63, 3.8) is 0 Å². The maximum Gasteiger partial charge on any atom is 0.191 e. The van der Waals surface area contributed by atoms with Crippen LogP contribution in [0.1, 0.15) is 42.6 Å². The molecule has 2 rings (SSSR count).